The molecule has 110 valence electrons. The van der Waals surface area contributed by atoms with E-state index in [1.165, 1.54) is 24.0 Å². The number of aryl methyl sites for hydroxylation is 1. The first-order chi connectivity index (χ1) is 9.67. The first kappa shape index (κ1) is 15.0. The summed E-state index contributed by atoms with van der Waals surface area (Å²) >= 11 is 0. The standard InChI is InChI=1S/C17H25NO2/c1-2-14-5-3-6-16(11-14)13-18-10-4-7-15(12-18)8-9-17(19)20/h3,5-6,11,15H,2,4,7-10,12-13H2,1H3,(H,19,20). The third-order valence-corrected chi connectivity index (χ3v) is 4.18. The van der Waals surface area contributed by atoms with Gasteiger partial charge in [-0.15, -0.1) is 0 Å². The van der Waals surface area contributed by atoms with Crippen molar-refractivity contribution in [2.24, 2.45) is 5.92 Å². The van der Waals surface area contributed by atoms with Crippen molar-refractivity contribution in [3.8, 4) is 0 Å². The van der Waals surface area contributed by atoms with Crippen LogP contribution in [0.2, 0.25) is 0 Å². The highest BCUT2D eigenvalue weighted by Crippen LogP contribution is 2.22. The average molecular weight is 275 g/mol. The average Bonchev–Trinajstić information content (AvgIpc) is 2.46. The van der Waals surface area contributed by atoms with E-state index in [0.29, 0.717) is 12.3 Å². The van der Waals surface area contributed by atoms with E-state index in [-0.39, 0.29) is 0 Å². The van der Waals surface area contributed by atoms with Gasteiger partial charge in [0.25, 0.3) is 0 Å². The van der Waals surface area contributed by atoms with Crippen LogP contribution in [0.4, 0.5) is 0 Å². The predicted octanol–water partition coefficient (Wildman–Crippen LogP) is 3.33. The van der Waals surface area contributed by atoms with Gasteiger partial charge in [-0.1, -0.05) is 31.2 Å². The van der Waals surface area contributed by atoms with Gasteiger partial charge in [-0.05, 0) is 49.3 Å². The zero-order valence-corrected chi connectivity index (χ0v) is 12.3. The predicted molar refractivity (Wildman–Crippen MR) is 80.7 cm³/mol. The number of likely N-dealkylation sites (tertiary alicyclic amines) is 1. The highest BCUT2D eigenvalue weighted by atomic mass is 16.4. The van der Waals surface area contributed by atoms with Gasteiger partial charge in [0, 0.05) is 19.5 Å². The molecule has 3 heteroatoms. The Morgan fingerprint density at radius 1 is 1.40 bits per heavy atom. The molecule has 1 N–H and O–H groups in total. The van der Waals surface area contributed by atoms with Crippen molar-refractivity contribution in [2.45, 2.75) is 45.6 Å². The van der Waals surface area contributed by atoms with Crippen LogP contribution >= 0.6 is 0 Å². The van der Waals surface area contributed by atoms with Crippen LogP contribution in [0.3, 0.4) is 0 Å². The SMILES string of the molecule is CCc1cccc(CN2CCCC(CCC(=O)O)C2)c1. The van der Waals surface area contributed by atoms with E-state index in [9.17, 15) is 4.79 Å². The number of carboxylic acid groups (broad SMARTS) is 1. The third kappa shape index (κ3) is 4.64. The molecule has 1 aromatic carbocycles. The number of hydrogen-bond acceptors (Lipinski definition) is 2. The summed E-state index contributed by atoms with van der Waals surface area (Å²) in [5, 5.41) is 8.79. The molecule has 3 nitrogen and oxygen atoms in total. The van der Waals surface area contributed by atoms with E-state index in [1.807, 2.05) is 0 Å². The summed E-state index contributed by atoms with van der Waals surface area (Å²) in [4.78, 5) is 13.1. The van der Waals surface area contributed by atoms with Gasteiger partial charge in [0.15, 0.2) is 0 Å². The molecule has 1 aliphatic heterocycles. The van der Waals surface area contributed by atoms with Gasteiger partial charge >= 0.3 is 5.97 Å². The second kappa shape index (κ2) is 7.44. The van der Waals surface area contributed by atoms with Crippen molar-refractivity contribution in [1.82, 2.24) is 4.90 Å². The van der Waals surface area contributed by atoms with Crippen LogP contribution in [0.5, 0.6) is 0 Å². The normalized spacial score (nSPS) is 19.9. The molecule has 1 atom stereocenters. The molecule has 0 aliphatic carbocycles. The van der Waals surface area contributed by atoms with Gasteiger partial charge in [-0.2, -0.15) is 0 Å². The summed E-state index contributed by atoms with van der Waals surface area (Å²) in [5.41, 5.74) is 2.77. The fraction of sp³-hybridized carbons (Fsp3) is 0.588. The van der Waals surface area contributed by atoms with Crippen molar-refractivity contribution in [2.75, 3.05) is 13.1 Å². The van der Waals surface area contributed by atoms with Gasteiger partial charge in [-0.25, -0.2) is 0 Å². The van der Waals surface area contributed by atoms with Gasteiger partial charge in [0.2, 0.25) is 0 Å². The van der Waals surface area contributed by atoms with Gasteiger partial charge < -0.3 is 5.11 Å². The van der Waals surface area contributed by atoms with Crippen LogP contribution in [0.25, 0.3) is 0 Å². The third-order valence-electron chi connectivity index (χ3n) is 4.18. The summed E-state index contributed by atoms with van der Waals surface area (Å²) in [5.74, 6) is -0.119. The molecule has 0 bridgehead atoms. The number of hydrogen-bond donors (Lipinski definition) is 1. The lowest BCUT2D eigenvalue weighted by Gasteiger charge is -2.32. The Hall–Kier alpha value is -1.35. The molecular formula is C17H25NO2. The number of piperidine rings is 1. The molecule has 0 saturated carbocycles. The number of benzene rings is 1. The number of rotatable bonds is 6. The monoisotopic (exact) mass is 275 g/mol. The molecule has 1 saturated heterocycles. The van der Waals surface area contributed by atoms with Gasteiger partial charge in [-0.3, -0.25) is 9.69 Å². The molecule has 1 heterocycles. The summed E-state index contributed by atoms with van der Waals surface area (Å²) < 4.78 is 0. The summed E-state index contributed by atoms with van der Waals surface area (Å²) in [7, 11) is 0. The van der Waals surface area contributed by atoms with Crippen molar-refractivity contribution < 1.29 is 9.90 Å². The lowest BCUT2D eigenvalue weighted by Crippen LogP contribution is -2.35. The van der Waals surface area contributed by atoms with Crippen LogP contribution < -0.4 is 0 Å². The molecule has 1 aromatic rings. The van der Waals surface area contributed by atoms with E-state index in [0.717, 1.165) is 32.5 Å². The Labute approximate surface area is 121 Å². The van der Waals surface area contributed by atoms with E-state index >= 15 is 0 Å². The minimum Gasteiger partial charge on any atom is -0.481 e. The number of carboxylic acids is 1. The van der Waals surface area contributed by atoms with Crippen LogP contribution in [0.1, 0.15) is 43.7 Å². The molecule has 0 amide bonds. The number of aliphatic carboxylic acids is 1. The van der Waals surface area contributed by atoms with Crippen LogP contribution in [-0.4, -0.2) is 29.1 Å². The Morgan fingerprint density at radius 3 is 2.95 bits per heavy atom. The maximum absolute atomic E-state index is 10.7. The Kier molecular flexibility index (Phi) is 5.60. The minimum atomic E-state index is -0.669. The fourth-order valence-corrected chi connectivity index (χ4v) is 3.06. The molecule has 1 fully saturated rings. The lowest BCUT2D eigenvalue weighted by atomic mass is 9.93. The lowest BCUT2D eigenvalue weighted by molar-refractivity contribution is -0.137. The fourth-order valence-electron chi connectivity index (χ4n) is 3.06. The first-order valence-corrected chi connectivity index (χ1v) is 7.69. The largest absolute Gasteiger partial charge is 0.481 e. The molecule has 0 aromatic heterocycles. The van der Waals surface area contributed by atoms with Crippen LogP contribution in [-0.2, 0) is 17.8 Å². The topological polar surface area (TPSA) is 40.5 Å². The van der Waals surface area contributed by atoms with Crippen molar-refractivity contribution >= 4 is 5.97 Å². The first-order valence-electron chi connectivity index (χ1n) is 7.69. The zero-order valence-electron chi connectivity index (χ0n) is 12.3. The van der Waals surface area contributed by atoms with Crippen LogP contribution in [0.15, 0.2) is 24.3 Å². The second-order valence-corrected chi connectivity index (χ2v) is 5.85. The van der Waals surface area contributed by atoms with E-state index < -0.39 is 5.97 Å². The highest BCUT2D eigenvalue weighted by Gasteiger charge is 2.20. The van der Waals surface area contributed by atoms with E-state index in [4.69, 9.17) is 5.11 Å². The molecule has 1 unspecified atom stereocenters. The molecule has 0 radical (unpaired) electrons. The van der Waals surface area contributed by atoms with E-state index in [2.05, 4.69) is 36.1 Å². The molecular weight excluding hydrogens is 250 g/mol. The maximum Gasteiger partial charge on any atom is 0.303 e. The second-order valence-electron chi connectivity index (χ2n) is 5.85. The Morgan fingerprint density at radius 2 is 2.20 bits per heavy atom. The summed E-state index contributed by atoms with van der Waals surface area (Å²) in [6, 6.07) is 8.80. The Bertz CT molecular complexity index is 444. The smallest absolute Gasteiger partial charge is 0.303 e. The quantitative estimate of drug-likeness (QED) is 0.865. The summed E-state index contributed by atoms with van der Waals surface area (Å²) in [6.45, 7) is 5.36. The number of nitrogens with zero attached hydrogens (tertiary/aromatic N) is 1. The molecule has 0 spiro atoms. The molecule has 1 aliphatic rings. The van der Waals surface area contributed by atoms with Crippen molar-refractivity contribution in [3.63, 3.8) is 0 Å². The molecule has 20 heavy (non-hydrogen) atoms. The maximum atomic E-state index is 10.7. The van der Waals surface area contributed by atoms with Crippen molar-refractivity contribution in [1.29, 1.82) is 0 Å². The highest BCUT2D eigenvalue weighted by molar-refractivity contribution is 5.66. The summed E-state index contributed by atoms with van der Waals surface area (Å²) in [6.07, 6.45) is 4.58. The minimum absolute atomic E-state index is 0.309. The van der Waals surface area contributed by atoms with Gasteiger partial charge in [0.05, 0.1) is 0 Å². The van der Waals surface area contributed by atoms with Gasteiger partial charge in [0.1, 0.15) is 0 Å². The molecule has 2 rings (SSSR count). The zero-order chi connectivity index (χ0) is 14.4. The van der Waals surface area contributed by atoms with E-state index in [1.54, 1.807) is 0 Å². The van der Waals surface area contributed by atoms with Crippen molar-refractivity contribution in [3.05, 3.63) is 35.4 Å². The number of carbonyl (C=O) groups is 1. The van der Waals surface area contributed by atoms with Crippen LogP contribution in [0, 0.1) is 5.92 Å². The Balaban J connectivity index is 1.87.